The van der Waals surface area contributed by atoms with Gasteiger partial charge >= 0.3 is 6.18 Å². The first-order chi connectivity index (χ1) is 12.0. The summed E-state index contributed by atoms with van der Waals surface area (Å²) < 4.78 is 44.0. The van der Waals surface area contributed by atoms with Crippen LogP contribution in [0, 0.1) is 5.92 Å². The van der Waals surface area contributed by atoms with Crippen LogP contribution < -0.4 is 0 Å². The van der Waals surface area contributed by atoms with E-state index in [4.69, 9.17) is 4.42 Å². The van der Waals surface area contributed by atoms with Crippen LogP contribution >= 0.6 is 0 Å². The molecule has 3 heterocycles. The normalized spacial score (nSPS) is 15.4. The summed E-state index contributed by atoms with van der Waals surface area (Å²) in [5, 5.41) is 0.813. The average Bonchev–Trinajstić information content (AvgIpc) is 3.04. The third-order valence-corrected chi connectivity index (χ3v) is 4.26. The Morgan fingerprint density at radius 2 is 2.12 bits per heavy atom. The third-order valence-electron chi connectivity index (χ3n) is 4.26. The molecule has 1 fully saturated rings. The van der Waals surface area contributed by atoms with Gasteiger partial charge in [0.1, 0.15) is 17.7 Å². The molecule has 1 aliphatic rings. The molecule has 1 N–H and O–H groups in total. The first-order valence-electron chi connectivity index (χ1n) is 8.13. The Morgan fingerprint density at radius 3 is 2.88 bits per heavy atom. The number of aromatic nitrogens is 3. The zero-order valence-electron chi connectivity index (χ0n) is 13.4. The molecule has 0 radical (unpaired) electrons. The molecule has 0 spiro atoms. The van der Waals surface area contributed by atoms with Gasteiger partial charge in [0.25, 0.3) is 0 Å². The molecule has 0 saturated heterocycles. The van der Waals surface area contributed by atoms with E-state index in [-0.39, 0.29) is 6.54 Å². The lowest BCUT2D eigenvalue weighted by atomic mass is 10.2. The van der Waals surface area contributed by atoms with Crippen molar-refractivity contribution in [1.29, 1.82) is 0 Å². The molecule has 0 bridgehead atoms. The van der Waals surface area contributed by atoms with E-state index in [9.17, 15) is 13.2 Å². The van der Waals surface area contributed by atoms with E-state index in [0.29, 0.717) is 35.1 Å². The van der Waals surface area contributed by atoms with E-state index in [1.807, 2.05) is 6.07 Å². The number of H-pyrrole nitrogens is 1. The number of aromatic amines is 1. The summed E-state index contributed by atoms with van der Waals surface area (Å²) in [6, 6.07) is 3.60. The SMILES string of the molecule is FC(F)(F)CN(Cc1coc(-c2ncnc3[nH]ccc23)c1)CC1CC1. The minimum absolute atomic E-state index is 0.209. The number of hydrogen-bond donors (Lipinski definition) is 1. The Balaban J connectivity index is 1.54. The molecule has 0 atom stereocenters. The second-order valence-electron chi connectivity index (χ2n) is 6.51. The summed E-state index contributed by atoms with van der Waals surface area (Å²) in [4.78, 5) is 12.8. The van der Waals surface area contributed by atoms with Gasteiger partial charge in [-0.15, -0.1) is 0 Å². The maximum atomic E-state index is 12.8. The van der Waals surface area contributed by atoms with Crippen molar-refractivity contribution in [2.45, 2.75) is 25.6 Å². The zero-order chi connectivity index (χ0) is 17.4. The molecule has 8 heteroatoms. The summed E-state index contributed by atoms with van der Waals surface area (Å²) in [5.74, 6) is 0.912. The number of furan rings is 1. The van der Waals surface area contributed by atoms with E-state index >= 15 is 0 Å². The highest BCUT2D eigenvalue weighted by atomic mass is 19.4. The molecule has 0 aliphatic heterocycles. The van der Waals surface area contributed by atoms with Gasteiger partial charge in [-0.25, -0.2) is 9.97 Å². The topological polar surface area (TPSA) is 58.0 Å². The van der Waals surface area contributed by atoms with Crippen LogP contribution in [-0.4, -0.2) is 39.1 Å². The average molecular weight is 350 g/mol. The number of nitrogens with one attached hydrogen (secondary N) is 1. The van der Waals surface area contributed by atoms with E-state index in [0.717, 1.165) is 18.2 Å². The standard InChI is InChI=1S/C17H17F3N4O/c18-17(19,20)9-24(6-11-1-2-11)7-12-5-14(25-8-12)15-13-3-4-21-16(13)23-10-22-15/h3-5,8,10-11H,1-2,6-7,9H2,(H,21,22,23). The van der Waals surface area contributed by atoms with Crippen LogP contribution in [0.15, 0.2) is 35.3 Å². The second kappa shape index (κ2) is 6.18. The van der Waals surface area contributed by atoms with Crippen molar-refractivity contribution >= 4 is 11.0 Å². The number of halogens is 3. The molecule has 1 saturated carbocycles. The highest BCUT2D eigenvalue weighted by molar-refractivity contribution is 5.88. The molecule has 5 nitrogen and oxygen atoms in total. The smallest absolute Gasteiger partial charge is 0.401 e. The minimum atomic E-state index is -4.20. The first kappa shape index (κ1) is 16.1. The lowest BCUT2D eigenvalue weighted by molar-refractivity contribution is -0.147. The quantitative estimate of drug-likeness (QED) is 0.730. The molecule has 3 aromatic rings. The molecule has 132 valence electrons. The van der Waals surface area contributed by atoms with Crippen molar-refractivity contribution in [2.75, 3.05) is 13.1 Å². The van der Waals surface area contributed by atoms with Crippen LogP contribution in [0.2, 0.25) is 0 Å². The van der Waals surface area contributed by atoms with Gasteiger partial charge in [-0.3, -0.25) is 4.90 Å². The largest absolute Gasteiger partial charge is 0.462 e. The van der Waals surface area contributed by atoms with Gasteiger partial charge in [0.2, 0.25) is 0 Å². The number of rotatable bonds is 6. The molecular formula is C17H17F3N4O. The Morgan fingerprint density at radius 1 is 1.28 bits per heavy atom. The highest BCUT2D eigenvalue weighted by Crippen LogP contribution is 2.32. The van der Waals surface area contributed by atoms with Crippen molar-refractivity contribution in [3.8, 4) is 11.5 Å². The molecule has 4 rings (SSSR count). The van der Waals surface area contributed by atoms with Gasteiger partial charge < -0.3 is 9.40 Å². The maximum Gasteiger partial charge on any atom is 0.401 e. The molecule has 3 aromatic heterocycles. The zero-order valence-corrected chi connectivity index (χ0v) is 13.4. The van der Waals surface area contributed by atoms with Gasteiger partial charge in [-0.2, -0.15) is 13.2 Å². The van der Waals surface area contributed by atoms with E-state index in [2.05, 4.69) is 15.0 Å². The van der Waals surface area contributed by atoms with Crippen molar-refractivity contribution in [1.82, 2.24) is 19.9 Å². The Hall–Kier alpha value is -2.35. The summed E-state index contributed by atoms with van der Waals surface area (Å²) in [6.07, 6.45) is 2.51. The Bertz CT molecular complexity index is 866. The van der Waals surface area contributed by atoms with Gasteiger partial charge in [0.05, 0.1) is 12.8 Å². The summed E-state index contributed by atoms with van der Waals surface area (Å²) >= 11 is 0. The number of alkyl halides is 3. The Kier molecular flexibility index (Phi) is 3.99. The fourth-order valence-electron chi connectivity index (χ4n) is 3.01. The molecule has 0 unspecified atom stereocenters. The second-order valence-corrected chi connectivity index (χ2v) is 6.51. The summed E-state index contributed by atoms with van der Waals surface area (Å²) in [7, 11) is 0. The maximum absolute atomic E-state index is 12.8. The molecule has 1 aliphatic carbocycles. The van der Waals surface area contributed by atoms with E-state index < -0.39 is 12.7 Å². The van der Waals surface area contributed by atoms with Crippen molar-refractivity contribution in [2.24, 2.45) is 5.92 Å². The molecule has 25 heavy (non-hydrogen) atoms. The van der Waals surface area contributed by atoms with Gasteiger partial charge in [0, 0.05) is 30.2 Å². The van der Waals surface area contributed by atoms with Crippen LogP contribution in [0.4, 0.5) is 13.2 Å². The van der Waals surface area contributed by atoms with E-state index in [1.165, 1.54) is 17.5 Å². The number of hydrogen-bond acceptors (Lipinski definition) is 4. The Labute approximate surface area is 141 Å². The van der Waals surface area contributed by atoms with Crippen molar-refractivity contribution in [3.05, 3.63) is 36.5 Å². The van der Waals surface area contributed by atoms with Crippen molar-refractivity contribution < 1.29 is 17.6 Å². The van der Waals surface area contributed by atoms with Crippen molar-refractivity contribution in [3.63, 3.8) is 0 Å². The molecule has 0 aromatic carbocycles. The lowest BCUT2D eigenvalue weighted by Gasteiger charge is -2.22. The van der Waals surface area contributed by atoms with Crippen LogP contribution in [0.1, 0.15) is 18.4 Å². The van der Waals surface area contributed by atoms with Gasteiger partial charge in [-0.1, -0.05) is 0 Å². The fourth-order valence-corrected chi connectivity index (χ4v) is 3.01. The third kappa shape index (κ3) is 3.84. The minimum Gasteiger partial charge on any atom is -0.462 e. The van der Waals surface area contributed by atoms with Gasteiger partial charge in [0.15, 0.2) is 5.76 Å². The first-order valence-corrected chi connectivity index (χ1v) is 8.13. The van der Waals surface area contributed by atoms with Crippen LogP contribution in [-0.2, 0) is 6.54 Å². The monoisotopic (exact) mass is 350 g/mol. The highest BCUT2D eigenvalue weighted by Gasteiger charge is 2.34. The predicted molar refractivity (Wildman–Crippen MR) is 85.6 cm³/mol. The van der Waals surface area contributed by atoms with Crippen LogP contribution in [0.5, 0.6) is 0 Å². The number of nitrogens with zero attached hydrogens (tertiary/aromatic N) is 3. The lowest BCUT2D eigenvalue weighted by Crippen LogP contribution is -2.35. The number of fused-ring (bicyclic) bond motifs is 1. The van der Waals surface area contributed by atoms with Crippen LogP contribution in [0.3, 0.4) is 0 Å². The fraction of sp³-hybridized carbons (Fsp3) is 0.412. The molecular weight excluding hydrogens is 333 g/mol. The summed E-state index contributed by atoms with van der Waals surface area (Å²) in [6.45, 7) is -0.226. The van der Waals surface area contributed by atoms with E-state index in [1.54, 1.807) is 12.3 Å². The molecule has 0 amide bonds. The summed E-state index contributed by atoms with van der Waals surface area (Å²) in [5.41, 5.74) is 2.03. The van der Waals surface area contributed by atoms with Crippen LogP contribution in [0.25, 0.3) is 22.5 Å². The van der Waals surface area contributed by atoms with Gasteiger partial charge in [-0.05, 0) is 30.9 Å². The predicted octanol–water partition coefficient (Wildman–Crippen LogP) is 3.99.